The third-order valence-electron chi connectivity index (χ3n) is 3.42. The van der Waals surface area contributed by atoms with Crippen molar-refractivity contribution in [2.45, 2.75) is 26.3 Å². The van der Waals surface area contributed by atoms with E-state index in [-0.39, 0.29) is 5.92 Å². The molecule has 1 heterocycles. The minimum absolute atomic E-state index is 0.228. The largest absolute Gasteiger partial charge is 0.467 e. The van der Waals surface area contributed by atoms with Crippen molar-refractivity contribution in [3.8, 4) is 0 Å². The molecule has 1 aromatic heterocycles. The second-order valence-corrected chi connectivity index (χ2v) is 5.78. The Morgan fingerprint density at radius 3 is 2.70 bits per heavy atom. The maximum Gasteiger partial charge on any atom is 0.407 e. The molecule has 0 fully saturated rings. The van der Waals surface area contributed by atoms with Gasteiger partial charge in [-0.05, 0) is 17.5 Å². The summed E-state index contributed by atoms with van der Waals surface area (Å²) in [7, 11) is 1.30. The zero-order valence-electron chi connectivity index (χ0n) is 13.6. The molecule has 1 atom stereocenters. The Labute approximate surface area is 135 Å². The molecule has 0 spiro atoms. The first-order chi connectivity index (χ1) is 11.0. The van der Waals surface area contributed by atoms with Crippen molar-refractivity contribution in [2.24, 2.45) is 5.92 Å². The molecule has 0 aliphatic rings. The average Bonchev–Trinajstić information content (AvgIpc) is 2.95. The van der Waals surface area contributed by atoms with Crippen molar-refractivity contribution < 1.29 is 19.1 Å². The number of rotatable bonds is 6. The second-order valence-electron chi connectivity index (χ2n) is 5.78. The van der Waals surface area contributed by atoms with Gasteiger partial charge in [-0.15, -0.1) is 0 Å². The first-order valence-electron chi connectivity index (χ1n) is 7.57. The molecule has 0 bridgehead atoms. The molecular formula is C17H22N2O4. The number of carbonyl (C=O) groups excluding carboxylic acids is 2. The van der Waals surface area contributed by atoms with Crippen molar-refractivity contribution in [1.82, 2.24) is 10.3 Å². The van der Waals surface area contributed by atoms with Crippen LogP contribution in [0.15, 0.2) is 30.5 Å². The summed E-state index contributed by atoms with van der Waals surface area (Å²) in [5, 5.41) is 3.59. The van der Waals surface area contributed by atoms with Gasteiger partial charge in [-0.3, -0.25) is 0 Å². The number of hydrogen-bond acceptors (Lipinski definition) is 4. The van der Waals surface area contributed by atoms with E-state index in [1.807, 2.05) is 44.3 Å². The molecule has 23 heavy (non-hydrogen) atoms. The highest BCUT2D eigenvalue weighted by atomic mass is 16.6. The standard InChI is InChI=1S/C17H22N2O4/c1-11(2)10-23-17(21)19-15(16(20)22-3)8-12-9-18-14-7-5-4-6-13(12)14/h4-7,9,11,15,18H,8,10H2,1-3H3,(H,19,21)/t15-/m0/s1. The van der Waals surface area contributed by atoms with Crippen LogP contribution in [0.3, 0.4) is 0 Å². The lowest BCUT2D eigenvalue weighted by atomic mass is 10.1. The number of methoxy groups -OCH3 is 1. The number of amides is 1. The van der Waals surface area contributed by atoms with E-state index in [1.165, 1.54) is 7.11 Å². The number of ether oxygens (including phenoxy) is 2. The van der Waals surface area contributed by atoms with Gasteiger partial charge >= 0.3 is 12.1 Å². The minimum atomic E-state index is -0.793. The van der Waals surface area contributed by atoms with Gasteiger partial charge in [0.15, 0.2) is 0 Å². The van der Waals surface area contributed by atoms with Gasteiger partial charge in [-0.2, -0.15) is 0 Å². The zero-order valence-corrected chi connectivity index (χ0v) is 13.6. The van der Waals surface area contributed by atoms with Crippen LogP contribution < -0.4 is 5.32 Å². The Hall–Kier alpha value is -2.50. The van der Waals surface area contributed by atoms with Crippen molar-refractivity contribution in [3.05, 3.63) is 36.0 Å². The molecule has 6 heteroatoms. The predicted octanol–water partition coefficient (Wildman–Crippen LogP) is 2.63. The van der Waals surface area contributed by atoms with E-state index in [1.54, 1.807) is 0 Å². The SMILES string of the molecule is COC(=O)[C@H](Cc1c[nH]c2ccccc12)NC(=O)OCC(C)C. The van der Waals surface area contributed by atoms with Gasteiger partial charge in [0.1, 0.15) is 6.04 Å². The number of benzene rings is 1. The highest BCUT2D eigenvalue weighted by Gasteiger charge is 2.24. The van der Waals surface area contributed by atoms with E-state index < -0.39 is 18.1 Å². The molecule has 2 aromatic rings. The summed E-state index contributed by atoms with van der Waals surface area (Å²) in [5.41, 5.74) is 1.91. The minimum Gasteiger partial charge on any atom is -0.467 e. The van der Waals surface area contributed by atoms with E-state index in [2.05, 4.69) is 10.3 Å². The van der Waals surface area contributed by atoms with Gasteiger partial charge < -0.3 is 19.8 Å². The summed E-state index contributed by atoms with van der Waals surface area (Å²) >= 11 is 0. The van der Waals surface area contributed by atoms with Crippen molar-refractivity contribution in [3.63, 3.8) is 0 Å². The van der Waals surface area contributed by atoms with Crippen LogP contribution >= 0.6 is 0 Å². The normalized spacial score (nSPS) is 12.2. The van der Waals surface area contributed by atoms with Gasteiger partial charge in [0.2, 0.25) is 0 Å². The second kappa shape index (κ2) is 7.67. The van der Waals surface area contributed by atoms with Crippen LogP contribution in [0.2, 0.25) is 0 Å². The van der Waals surface area contributed by atoms with E-state index in [0.717, 1.165) is 16.5 Å². The van der Waals surface area contributed by atoms with Gasteiger partial charge in [-0.25, -0.2) is 9.59 Å². The van der Waals surface area contributed by atoms with Crippen LogP contribution in [-0.4, -0.2) is 36.8 Å². The van der Waals surface area contributed by atoms with Gasteiger partial charge in [-0.1, -0.05) is 32.0 Å². The Bertz CT molecular complexity index is 678. The predicted molar refractivity (Wildman–Crippen MR) is 87.1 cm³/mol. The Kier molecular flexibility index (Phi) is 5.62. The molecule has 0 unspecified atom stereocenters. The number of aromatic nitrogens is 1. The maximum atomic E-state index is 11.9. The van der Waals surface area contributed by atoms with E-state index in [9.17, 15) is 9.59 Å². The first kappa shape index (κ1) is 16.9. The van der Waals surface area contributed by atoms with Crippen LogP contribution in [0.4, 0.5) is 4.79 Å². The number of fused-ring (bicyclic) bond motifs is 1. The lowest BCUT2D eigenvalue weighted by Crippen LogP contribution is -2.43. The molecule has 0 aliphatic heterocycles. The number of aromatic amines is 1. The van der Waals surface area contributed by atoms with Crippen LogP contribution in [-0.2, 0) is 20.7 Å². The van der Waals surface area contributed by atoms with Crippen molar-refractivity contribution in [1.29, 1.82) is 0 Å². The number of H-pyrrole nitrogens is 1. The summed E-state index contributed by atoms with van der Waals surface area (Å²) in [6, 6.07) is 6.99. The van der Waals surface area contributed by atoms with Crippen LogP contribution in [0.25, 0.3) is 10.9 Å². The third-order valence-corrected chi connectivity index (χ3v) is 3.42. The van der Waals surface area contributed by atoms with Crippen LogP contribution in [0.5, 0.6) is 0 Å². The fourth-order valence-corrected chi connectivity index (χ4v) is 2.28. The molecular weight excluding hydrogens is 296 g/mol. The summed E-state index contributed by atoms with van der Waals surface area (Å²) in [5.74, 6) is -0.275. The molecule has 6 nitrogen and oxygen atoms in total. The fraction of sp³-hybridized carbons (Fsp3) is 0.412. The molecule has 1 aromatic carbocycles. The van der Waals surface area contributed by atoms with E-state index >= 15 is 0 Å². The maximum absolute atomic E-state index is 11.9. The van der Waals surface area contributed by atoms with Crippen molar-refractivity contribution >= 4 is 23.0 Å². The Morgan fingerprint density at radius 2 is 2.00 bits per heavy atom. The molecule has 1 amide bonds. The molecule has 124 valence electrons. The molecule has 2 rings (SSSR count). The number of alkyl carbamates (subject to hydrolysis) is 1. The smallest absolute Gasteiger partial charge is 0.407 e. The monoisotopic (exact) mass is 318 g/mol. The number of carbonyl (C=O) groups is 2. The molecule has 0 radical (unpaired) electrons. The molecule has 0 saturated heterocycles. The van der Waals surface area contributed by atoms with Gasteiger partial charge in [0, 0.05) is 23.5 Å². The fourth-order valence-electron chi connectivity index (χ4n) is 2.28. The van der Waals surface area contributed by atoms with Crippen LogP contribution in [0, 0.1) is 5.92 Å². The summed E-state index contributed by atoms with van der Waals surface area (Å²) in [6.45, 7) is 4.18. The number of hydrogen-bond donors (Lipinski definition) is 2. The third kappa shape index (κ3) is 4.48. The van der Waals surface area contributed by atoms with Gasteiger partial charge in [0.05, 0.1) is 13.7 Å². The quantitative estimate of drug-likeness (QED) is 0.802. The summed E-state index contributed by atoms with van der Waals surface area (Å²) in [6.07, 6.45) is 1.55. The molecule has 0 aliphatic carbocycles. The lowest BCUT2D eigenvalue weighted by molar-refractivity contribution is -0.142. The average molecular weight is 318 g/mol. The summed E-state index contributed by atoms with van der Waals surface area (Å²) < 4.78 is 9.85. The summed E-state index contributed by atoms with van der Waals surface area (Å²) in [4.78, 5) is 26.9. The van der Waals surface area contributed by atoms with Crippen LogP contribution in [0.1, 0.15) is 19.4 Å². The zero-order chi connectivity index (χ0) is 16.8. The lowest BCUT2D eigenvalue weighted by Gasteiger charge is -2.16. The number of nitrogens with one attached hydrogen (secondary N) is 2. The molecule has 2 N–H and O–H groups in total. The van der Waals surface area contributed by atoms with E-state index in [0.29, 0.717) is 13.0 Å². The Morgan fingerprint density at radius 1 is 1.26 bits per heavy atom. The topological polar surface area (TPSA) is 80.4 Å². The highest BCUT2D eigenvalue weighted by molar-refractivity contribution is 5.86. The Balaban J connectivity index is 2.09. The van der Waals surface area contributed by atoms with Crippen molar-refractivity contribution in [2.75, 3.05) is 13.7 Å². The molecule has 0 saturated carbocycles. The number of para-hydroxylation sites is 1. The van der Waals surface area contributed by atoms with Gasteiger partial charge in [0.25, 0.3) is 0 Å². The first-order valence-corrected chi connectivity index (χ1v) is 7.57. The van der Waals surface area contributed by atoms with E-state index in [4.69, 9.17) is 9.47 Å². The highest BCUT2D eigenvalue weighted by Crippen LogP contribution is 2.19. The number of esters is 1.